The molecule has 5 heteroatoms. The summed E-state index contributed by atoms with van der Waals surface area (Å²) in [5.41, 5.74) is 3.33. The topological polar surface area (TPSA) is 58.6 Å². The van der Waals surface area contributed by atoms with Gasteiger partial charge in [0, 0.05) is 42.3 Å². The molecule has 0 spiro atoms. The van der Waals surface area contributed by atoms with Crippen LogP contribution in [-0.4, -0.2) is 44.2 Å². The first-order valence-corrected chi connectivity index (χ1v) is 10.5. The zero-order chi connectivity index (χ0) is 20.1. The Bertz CT molecular complexity index is 959. The number of ether oxygens (including phenoxy) is 1. The van der Waals surface area contributed by atoms with Crippen LogP contribution in [0.25, 0.3) is 10.9 Å². The van der Waals surface area contributed by atoms with E-state index >= 15 is 0 Å². The van der Waals surface area contributed by atoms with Gasteiger partial charge in [-0.25, -0.2) is 0 Å². The SMILES string of the molecule is COc1cccc([C@H](CC(=O)NCC[NH+]2CCCC2)c2c[nH]c3ccccc23)c1. The lowest BCUT2D eigenvalue weighted by molar-refractivity contribution is -0.886. The first-order chi connectivity index (χ1) is 14.2. The van der Waals surface area contributed by atoms with Gasteiger partial charge in [-0.05, 0) is 29.3 Å². The smallest absolute Gasteiger partial charge is 0.221 e. The molecule has 0 unspecified atom stereocenters. The standard InChI is InChI=1S/C24H29N3O2/c1-29-19-8-6-7-18(15-19)21(22-17-26-23-10-3-2-9-20(22)23)16-24(28)25-11-14-27-12-4-5-13-27/h2-3,6-10,15,17,21,26H,4-5,11-14,16H2,1H3,(H,25,28)/p+1/t21-/m0/s1. The van der Waals surface area contributed by atoms with Gasteiger partial charge in [0.05, 0.1) is 33.3 Å². The van der Waals surface area contributed by atoms with Crippen molar-refractivity contribution in [1.82, 2.24) is 10.3 Å². The zero-order valence-corrected chi connectivity index (χ0v) is 17.0. The van der Waals surface area contributed by atoms with Crippen LogP contribution in [0.3, 0.4) is 0 Å². The first kappa shape index (κ1) is 19.5. The number of likely N-dealkylation sites (tertiary alicyclic amines) is 1. The number of hydrogen-bond acceptors (Lipinski definition) is 2. The molecule has 0 saturated carbocycles. The number of para-hydroxylation sites is 1. The number of fused-ring (bicyclic) bond motifs is 1. The molecule has 2 heterocycles. The second-order valence-corrected chi connectivity index (χ2v) is 7.88. The van der Waals surface area contributed by atoms with E-state index < -0.39 is 0 Å². The van der Waals surface area contributed by atoms with Crippen LogP contribution in [0.4, 0.5) is 0 Å². The van der Waals surface area contributed by atoms with Gasteiger partial charge >= 0.3 is 0 Å². The molecular weight excluding hydrogens is 362 g/mol. The van der Waals surface area contributed by atoms with Crippen LogP contribution in [0.15, 0.2) is 54.7 Å². The largest absolute Gasteiger partial charge is 0.497 e. The van der Waals surface area contributed by atoms with Crippen molar-refractivity contribution in [2.75, 3.05) is 33.3 Å². The van der Waals surface area contributed by atoms with Crippen LogP contribution >= 0.6 is 0 Å². The quantitative estimate of drug-likeness (QED) is 0.552. The van der Waals surface area contributed by atoms with Crippen molar-refractivity contribution in [1.29, 1.82) is 0 Å². The van der Waals surface area contributed by atoms with Gasteiger partial charge < -0.3 is 19.9 Å². The van der Waals surface area contributed by atoms with Gasteiger partial charge in [-0.3, -0.25) is 4.79 Å². The number of hydrogen-bond donors (Lipinski definition) is 3. The fourth-order valence-corrected chi connectivity index (χ4v) is 4.41. The van der Waals surface area contributed by atoms with Crippen molar-refractivity contribution in [3.63, 3.8) is 0 Å². The average molecular weight is 393 g/mol. The number of H-pyrrole nitrogens is 1. The number of carbonyl (C=O) groups excluding carboxylic acids is 1. The molecule has 3 aromatic rings. The van der Waals surface area contributed by atoms with E-state index in [4.69, 9.17) is 4.74 Å². The Morgan fingerprint density at radius 1 is 1.17 bits per heavy atom. The predicted molar refractivity (Wildman–Crippen MR) is 116 cm³/mol. The van der Waals surface area contributed by atoms with Crippen LogP contribution < -0.4 is 15.0 Å². The number of nitrogens with one attached hydrogen (secondary N) is 3. The Morgan fingerprint density at radius 2 is 2.00 bits per heavy atom. The summed E-state index contributed by atoms with van der Waals surface area (Å²) in [6.07, 6.45) is 5.07. The summed E-state index contributed by atoms with van der Waals surface area (Å²) in [5.74, 6) is 0.882. The third-order valence-electron chi connectivity index (χ3n) is 5.99. The summed E-state index contributed by atoms with van der Waals surface area (Å²) < 4.78 is 5.43. The lowest BCUT2D eigenvalue weighted by atomic mass is 9.88. The third-order valence-corrected chi connectivity index (χ3v) is 5.99. The molecule has 1 aromatic heterocycles. The molecular formula is C24H30N3O2+. The van der Waals surface area contributed by atoms with Gasteiger partial charge in [-0.1, -0.05) is 30.3 Å². The van der Waals surface area contributed by atoms with Crippen molar-refractivity contribution in [2.24, 2.45) is 0 Å². The first-order valence-electron chi connectivity index (χ1n) is 10.5. The van der Waals surface area contributed by atoms with Crippen LogP contribution in [0.2, 0.25) is 0 Å². The Labute approximate surface area is 172 Å². The van der Waals surface area contributed by atoms with Gasteiger partial charge in [0.15, 0.2) is 0 Å². The van der Waals surface area contributed by atoms with E-state index in [1.54, 1.807) is 12.0 Å². The van der Waals surface area contributed by atoms with E-state index in [0.717, 1.165) is 40.9 Å². The van der Waals surface area contributed by atoms with Gasteiger partial charge in [0.2, 0.25) is 5.91 Å². The summed E-state index contributed by atoms with van der Waals surface area (Å²) >= 11 is 0. The molecule has 0 radical (unpaired) electrons. The highest BCUT2D eigenvalue weighted by atomic mass is 16.5. The second-order valence-electron chi connectivity index (χ2n) is 7.88. The van der Waals surface area contributed by atoms with Crippen molar-refractivity contribution in [3.8, 4) is 5.75 Å². The molecule has 1 aliphatic rings. The predicted octanol–water partition coefficient (Wildman–Crippen LogP) is 2.49. The lowest BCUT2D eigenvalue weighted by Crippen LogP contribution is -3.10. The van der Waals surface area contributed by atoms with Gasteiger partial charge in [-0.15, -0.1) is 0 Å². The molecule has 5 nitrogen and oxygen atoms in total. The monoisotopic (exact) mass is 392 g/mol. The number of carbonyl (C=O) groups is 1. The highest BCUT2D eigenvalue weighted by Crippen LogP contribution is 2.34. The molecule has 2 aromatic carbocycles. The minimum absolute atomic E-state index is 0.0274. The number of methoxy groups -OCH3 is 1. The maximum Gasteiger partial charge on any atom is 0.221 e. The highest BCUT2D eigenvalue weighted by molar-refractivity contribution is 5.86. The van der Waals surface area contributed by atoms with Crippen molar-refractivity contribution in [3.05, 3.63) is 65.9 Å². The van der Waals surface area contributed by atoms with Crippen LogP contribution in [0, 0.1) is 0 Å². The zero-order valence-electron chi connectivity index (χ0n) is 17.0. The molecule has 1 fully saturated rings. The fraction of sp³-hybridized carbons (Fsp3) is 0.375. The van der Waals surface area contributed by atoms with E-state index in [1.165, 1.54) is 25.9 Å². The Morgan fingerprint density at radius 3 is 2.83 bits per heavy atom. The number of aromatic amines is 1. The second kappa shape index (κ2) is 9.14. The molecule has 1 amide bonds. The molecule has 4 rings (SSSR count). The molecule has 1 aliphatic heterocycles. The fourth-order valence-electron chi connectivity index (χ4n) is 4.41. The summed E-state index contributed by atoms with van der Waals surface area (Å²) in [6, 6.07) is 16.3. The van der Waals surface area contributed by atoms with Crippen LogP contribution in [0.1, 0.15) is 36.3 Å². The average Bonchev–Trinajstić information content (AvgIpc) is 3.42. The minimum Gasteiger partial charge on any atom is -0.497 e. The summed E-state index contributed by atoms with van der Waals surface area (Å²) in [7, 11) is 1.67. The van der Waals surface area contributed by atoms with Crippen molar-refractivity contribution in [2.45, 2.75) is 25.2 Å². The minimum atomic E-state index is -0.0274. The number of amides is 1. The number of quaternary nitrogens is 1. The van der Waals surface area contributed by atoms with E-state index in [2.05, 4.69) is 28.5 Å². The number of benzene rings is 2. The van der Waals surface area contributed by atoms with Gasteiger partial charge in [0.25, 0.3) is 0 Å². The van der Waals surface area contributed by atoms with Crippen LogP contribution in [0.5, 0.6) is 5.75 Å². The molecule has 3 N–H and O–H groups in total. The van der Waals surface area contributed by atoms with Crippen molar-refractivity contribution < 1.29 is 14.4 Å². The van der Waals surface area contributed by atoms with Gasteiger partial charge in [-0.2, -0.15) is 0 Å². The Kier molecular flexibility index (Phi) is 6.15. The maximum atomic E-state index is 12.8. The highest BCUT2D eigenvalue weighted by Gasteiger charge is 2.22. The summed E-state index contributed by atoms with van der Waals surface area (Å²) in [4.78, 5) is 17.8. The summed E-state index contributed by atoms with van der Waals surface area (Å²) in [6.45, 7) is 4.23. The molecule has 0 aliphatic carbocycles. The Balaban J connectivity index is 1.54. The normalized spacial score (nSPS) is 15.5. The maximum absolute atomic E-state index is 12.8. The molecule has 1 saturated heterocycles. The molecule has 0 bridgehead atoms. The molecule has 29 heavy (non-hydrogen) atoms. The van der Waals surface area contributed by atoms with Crippen molar-refractivity contribution >= 4 is 16.8 Å². The van der Waals surface area contributed by atoms with E-state index in [0.29, 0.717) is 6.42 Å². The Hall–Kier alpha value is -2.79. The van der Waals surface area contributed by atoms with E-state index in [1.807, 2.05) is 36.5 Å². The third kappa shape index (κ3) is 4.62. The molecule has 1 atom stereocenters. The molecule has 152 valence electrons. The lowest BCUT2D eigenvalue weighted by Gasteiger charge is -2.18. The van der Waals surface area contributed by atoms with Crippen LogP contribution in [-0.2, 0) is 4.79 Å². The van der Waals surface area contributed by atoms with E-state index in [9.17, 15) is 4.79 Å². The van der Waals surface area contributed by atoms with E-state index in [-0.39, 0.29) is 11.8 Å². The number of aromatic nitrogens is 1. The van der Waals surface area contributed by atoms with Gasteiger partial charge in [0.1, 0.15) is 5.75 Å². The summed E-state index contributed by atoms with van der Waals surface area (Å²) in [5, 5.41) is 4.31. The number of rotatable bonds is 8.